The Labute approximate surface area is 126 Å². The van der Waals surface area contributed by atoms with Crippen LogP contribution in [0.2, 0.25) is 0 Å². The SMILES string of the molecule is [K+].c1ccc2c(c1)[cH-]c1ccccc12. The molecule has 0 aromatic heterocycles. The molecule has 0 heterocycles. The van der Waals surface area contributed by atoms with Crippen molar-refractivity contribution >= 4 is 21.5 Å². The summed E-state index contributed by atoms with van der Waals surface area (Å²) in [6.07, 6.45) is 0. The third-order valence-corrected chi connectivity index (χ3v) is 2.52. The van der Waals surface area contributed by atoms with Crippen LogP contribution in [-0.2, 0) is 0 Å². The van der Waals surface area contributed by atoms with Crippen molar-refractivity contribution < 1.29 is 51.4 Å². The zero-order valence-electron chi connectivity index (χ0n) is 8.20. The first-order valence-corrected chi connectivity index (χ1v) is 4.48. The van der Waals surface area contributed by atoms with Gasteiger partial charge in [-0.3, -0.25) is 0 Å². The molecule has 62 valence electrons. The van der Waals surface area contributed by atoms with E-state index in [0.29, 0.717) is 0 Å². The molecule has 0 saturated carbocycles. The summed E-state index contributed by atoms with van der Waals surface area (Å²) in [7, 11) is 0. The fraction of sp³-hybridized carbons (Fsp3) is 0. The van der Waals surface area contributed by atoms with Gasteiger partial charge in [-0.25, -0.2) is 0 Å². The molecule has 14 heavy (non-hydrogen) atoms. The molecule has 0 aliphatic heterocycles. The van der Waals surface area contributed by atoms with Crippen LogP contribution in [0.15, 0.2) is 54.6 Å². The van der Waals surface area contributed by atoms with Gasteiger partial charge >= 0.3 is 51.4 Å². The molecule has 0 nitrogen and oxygen atoms in total. The van der Waals surface area contributed by atoms with Crippen molar-refractivity contribution in [3.05, 3.63) is 54.6 Å². The maximum absolute atomic E-state index is 2.24. The molecule has 0 aliphatic rings. The minimum atomic E-state index is 0. The zero-order chi connectivity index (χ0) is 8.67. The van der Waals surface area contributed by atoms with E-state index >= 15 is 0 Å². The van der Waals surface area contributed by atoms with Crippen molar-refractivity contribution in [2.24, 2.45) is 0 Å². The fourth-order valence-electron chi connectivity index (χ4n) is 1.90. The maximum Gasteiger partial charge on any atom is 1.00 e. The van der Waals surface area contributed by atoms with E-state index in [9.17, 15) is 0 Å². The molecule has 1 heteroatoms. The summed E-state index contributed by atoms with van der Waals surface area (Å²) in [6.45, 7) is 0. The Morgan fingerprint density at radius 3 is 1.57 bits per heavy atom. The van der Waals surface area contributed by atoms with Crippen molar-refractivity contribution in [3.8, 4) is 0 Å². The summed E-state index contributed by atoms with van der Waals surface area (Å²) in [6, 6.07) is 19.3. The average Bonchev–Trinajstić information content (AvgIpc) is 2.56. The fourth-order valence-corrected chi connectivity index (χ4v) is 1.90. The van der Waals surface area contributed by atoms with Crippen LogP contribution in [0.3, 0.4) is 0 Å². The Bertz CT molecular complexity index is 513. The van der Waals surface area contributed by atoms with Gasteiger partial charge in [0.1, 0.15) is 0 Å². The van der Waals surface area contributed by atoms with Gasteiger partial charge in [0.25, 0.3) is 0 Å². The topological polar surface area (TPSA) is 0 Å². The minimum absolute atomic E-state index is 0. The Morgan fingerprint density at radius 2 is 1.07 bits per heavy atom. The second-order valence-electron chi connectivity index (χ2n) is 3.32. The van der Waals surface area contributed by atoms with Gasteiger partial charge in [0, 0.05) is 0 Å². The summed E-state index contributed by atoms with van der Waals surface area (Å²) >= 11 is 0. The molecular formula is C13H9K. The van der Waals surface area contributed by atoms with Gasteiger partial charge in [0.15, 0.2) is 0 Å². The Balaban J connectivity index is 0.000000750. The summed E-state index contributed by atoms with van der Waals surface area (Å²) in [4.78, 5) is 0. The molecule has 0 unspecified atom stereocenters. The predicted molar refractivity (Wildman–Crippen MR) is 57.0 cm³/mol. The van der Waals surface area contributed by atoms with Gasteiger partial charge < -0.3 is 0 Å². The van der Waals surface area contributed by atoms with Crippen LogP contribution >= 0.6 is 0 Å². The molecular weight excluding hydrogens is 195 g/mol. The van der Waals surface area contributed by atoms with Crippen molar-refractivity contribution in [1.29, 1.82) is 0 Å². The average molecular weight is 204 g/mol. The summed E-state index contributed by atoms with van der Waals surface area (Å²) in [5.41, 5.74) is 0. The zero-order valence-corrected chi connectivity index (χ0v) is 11.3. The van der Waals surface area contributed by atoms with Crippen LogP contribution in [0.5, 0.6) is 0 Å². The van der Waals surface area contributed by atoms with E-state index in [0.717, 1.165) is 0 Å². The number of hydrogen-bond donors (Lipinski definition) is 0. The van der Waals surface area contributed by atoms with Crippen molar-refractivity contribution in [2.45, 2.75) is 0 Å². The van der Waals surface area contributed by atoms with Crippen molar-refractivity contribution in [2.75, 3.05) is 0 Å². The molecule has 0 N–H and O–H groups in total. The van der Waals surface area contributed by atoms with Crippen LogP contribution in [0, 0.1) is 0 Å². The van der Waals surface area contributed by atoms with Crippen LogP contribution < -0.4 is 51.4 Å². The quantitative estimate of drug-likeness (QED) is 0.374. The molecule has 0 bridgehead atoms. The van der Waals surface area contributed by atoms with E-state index in [1.165, 1.54) is 21.5 Å². The molecule has 0 aliphatic carbocycles. The van der Waals surface area contributed by atoms with Gasteiger partial charge in [-0.05, 0) is 0 Å². The van der Waals surface area contributed by atoms with Gasteiger partial charge in [-0.15, -0.1) is 39.7 Å². The third kappa shape index (κ3) is 1.60. The molecule has 3 aromatic rings. The van der Waals surface area contributed by atoms with E-state index in [-0.39, 0.29) is 51.4 Å². The Kier molecular flexibility index (Phi) is 3.15. The largest absolute Gasteiger partial charge is 1.00 e. The number of hydrogen-bond acceptors (Lipinski definition) is 0. The molecule has 3 rings (SSSR count). The van der Waals surface area contributed by atoms with Gasteiger partial charge in [0.2, 0.25) is 0 Å². The van der Waals surface area contributed by atoms with Crippen LogP contribution in [-0.4, -0.2) is 0 Å². The van der Waals surface area contributed by atoms with Crippen molar-refractivity contribution in [3.63, 3.8) is 0 Å². The Morgan fingerprint density at radius 1 is 0.643 bits per heavy atom. The number of fused-ring (bicyclic) bond motifs is 3. The molecule has 0 fully saturated rings. The first-order valence-electron chi connectivity index (χ1n) is 4.48. The second kappa shape index (κ2) is 4.21. The number of rotatable bonds is 0. The van der Waals surface area contributed by atoms with Crippen LogP contribution in [0.25, 0.3) is 21.5 Å². The van der Waals surface area contributed by atoms with Gasteiger partial charge in [0.05, 0.1) is 0 Å². The third-order valence-electron chi connectivity index (χ3n) is 2.52. The molecule has 0 amide bonds. The number of benzene rings is 2. The molecule has 3 aromatic carbocycles. The smallest absolute Gasteiger partial charge is 0.126 e. The van der Waals surface area contributed by atoms with Crippen molar-refractivity contribution in [1.82, 2.24) is 0 Å². The molecule has 0 saturated heterocycles. The standard InChI is InChI=1S/C13H9.K/c1-3-7-12-10(5-1)9-11-6-2-4-8-13(11)12;/h1-9H;/q-1;+1. The predicted octanol–water partition coefficient (Wildman–Crippen LogP) is 0.716. The summed E-state index contributed by atoms with van der Waals surface area (Å²) < 4.78 is 0. The van der Waals surface area contributed by atoms with E-state index < -0.39 is 0 Å². The van der Waals surface area contributed by atoms with E-state index in [1.54, 1.807) is 0 Å². The molecule has 0 radical (unpaired) electrons. The van der Waals surface area contributed by atoms with Crippen LogP contribution in [0.1, 0.15) is 0 Å². The minimum Gasteiger partial charge on any atom is -0.126 e. The second-order valence-corrected chi connectivity index (χ2v) is 3.32. The molecule has 0 spiro atoms. The van der Waals surface area contributed by atoms with Crippen LogP contribution in [0.4, 0.5) is 0 Å². The van der Waals surface area contributed by atoms with Gasteiger partial charge in [-0.1, -0.05) is 36.4 Å². The summed E-state index contributed by atoms with van der Waals surface area (Å²) in [5.74, 6) is 0. The van der Waals surface area contributed by atoms with E-state index in [1.807, 2.05) is 0 Å². The first-order chi connectivity index (χ1) is 6.45. The molecule has 0 atom stereocenters. The first kappa shape index (κ1) is 10.5. The van der Waals surface area contributed by atoms with E-state index in [2.05, 4.69) is 54.6 Å². The maximum atomic E-state index is 2.24. The van der Waals surface area contributed by atoms with E-state index in [4.69, 9.17) is 0 Å². The Hall–Kier alpha value is -0.0536. The normalized spacial score (nSPS) is 10.3. The van der Waals surface area contributed by atoms with Gasteiger partial charge in [-0.2, -0.15) is 0 Å². The summed E-state index contributed by atoms with van der Waals surface area (Å²) in [5, 5.41) is 5.39. The monoisotopic (exact) mass is 204 g/mol.